The highest BCUT2D eigenvalue weighted by molar-refractivity contribution is 7.10. The van der Waals surface area contributed by atoms with Crippen LogP contribution in [0.15, 0.2) is 22.5 Å². The molecule has 6 nitrogen and oxygen atoms in total. The summed E-state index contributed by atoms with van der Waals surface area (Å²) in [5, 5.41) is 9.18. The zero-order valence-electron chi connectivity index (χ0n) is 17.0. The number of fused-ring (bicyclic) bond motifs is 1. The van der Waals surface area contributed by atoms with Crippen molar-refractivity contribution in [2.24, 2.45) is 16.3 Å². The molecule has 2 heterocycles. The summed E-state index contributed by atoms with van der Waals surface area (Å²) in [5.41, 5.74) is 0.0469. The van der Waals surface area contributed by atoms with Crippen LogP contribution in [0.1, 0.15) is 44.5 Å². The van der Waals surface area contributed by atoms with Gasteiger partial charge in [0.05, 0.1) is 12.1 Å². The van der Waals surface area contributed by atoms with Crippen molar-refractivity contribution in [3.8, 4) is 0 Å². The van der Waals surface area contributed by atoms with Crippen molar-refractivity contribution < 1.29 is 9.53 Å². The van der Waals surface area contributed by atoms with Crippen LogP contribution in [0.25, 0.3) is 0 Å². The number of carbonyl (C=O) groups is 1. The molecule has 1 aliphatic carbocycles. The molecule has 1 aromatic rings. The fourth-order valence-corrected chi connectivity index (χ4v) is 4.93. The van der Waals surface area contributed by atoms with Crippen LogP contribution in [0.3, 0.4) is 0 Å². The Labute approximate surface area is 166 Å². The molecule has 150 valence electrons. The van der Waals surface area contributed by atoms with Crippen molar-refractivity contribution in [3.05, 3.63) is 22.4 Å². The first-order chi connectivity index (χ1) is 12.8. The monoisotopic (exact) mass is 392 g/mol. The van der Waals surface area contributed by atoms with E-state index in [1.807, 2.05) is 0 Å². The van der Waals surface area contributed by atoms with Crippen LogP contribution < -0.4 is 10.6 Å². The minimum absolute atomic E-state index is 0.00776. The maximum Gasteiger partial charge on any atom is 0.243 e. The van der Waals surface area contributed by atoms with Crippen molar-refractivity contribution in [1.82, 2.24) is 15.5 Å². The van der Waals surface area contributed by atoms with Crippen LogP contribution in [-0.4, -0.2) is 56.2 Å². The average molecular weight is 393 g/mol. The molecule has 1 aliphatic heterocycles. The molecule has 0 spiro atoms. The molecule has 2 N–H and O–H groups in total. The van der Waals surface area contributed by atoms with Crippen molar-refractivity contribution in [3.63, 3.8) is 0 Å². The Hall–Kier alpha value is -1.60. The van der Waals surface area contributed by atoms with E-state index in [1.165, 1.54) is 11.3 Å². The first-order valence-corrected chi connectivity index (χ1v) is 10.6. The van der Waals surface area contributed by atoms with E-state index in [1.54, 1.807) is 30.3 Å². The lowest BCUT2D eigenvalue weighted by atomic mass is 9.55. The van der Waals surface area contributed by atoms with E-state index in [0.29, 0.717) is 24.0 Å². The number of aliphatic imine (C=N–C) groups is 1. The molecule has 27 heavy (non-hydrogen) atoms. The highest BCUT2D eigenvalue weighted by Gasteiger charge is 2.58. The molecule has 1 aromatic heterocycles. The first-order valence-electron chi connectivity index (χ1n) is 9.73. The summed E-state index contributed by atoms with van der Waals surface area (Å²) in [5.74, 6) is 1.20. The lowest BCUT2D eigenvalue weighted by Gasteiger charge is -2.60. The van der Waals surface area contributed by atoms with Gasteiger partial charge >= 0.3 is 0 Å². The lowest BCUT2D eigenvalue weighted by molar-refractivity contribution is -0.188. The van der Waals surface area contributed by atoms with Crippen molar-refractivity contribution in [1.29, 1.82) is 0 Å². The summed E-state index contributed by atoms with van der Waals surface area (Å²) in [4.78, 5) is 19.4. The Morgan fingerprint density at radius 3 is 2.93 bits per heavy atom. The quantitative estimate of drug-likeness (QED) is 0.597. The molecule has 7 heteroatoms. The second-order valence-electron chi connectivity index (χ2n) is 8.38. The molecule has 1 amide bonds. The number of carbonyl (C=O) groups excluding carboxylic acids is 1. The summed E-state index contributed by atoms with van der Waals surface area (Å²) in [6.07, 6.45) is 2.60. The van der Waals surface area contributed by atoms with E-state index >= 15 is 0 Å². The van der Waals surface area contributed by atoms with Crippen LogP contribution in [0.2, 0.25) is 0 Å². The topological polar surface area (TPSA) is 66.0 Å². The van der Waals surface area contributed by atoms with Gasteiger partial charge in [0.15, 0.2) is 5.96 Å². The van der Waals surface area contributed by atoms with Gasteiger partial charge in [-0.2, -0.15) is 0 Å². The van der Waals surface area contributed by atoms with Crippen LogP contribution in [0.5, 0.6) is 0 Å². The average Bonchev–Trinajstić information content (AvgIpc) is 3.18. The second-order valence-corrected chi connectivity index (χ2v) is 9.35. The van der Waals surface area contributed by atoms with Gasteiger partial charge < -0.3 is 20.3 Å². The van der Waals surface area contributed by atoms with Gasteiger partial charge in [-0.3, -0.25) is 4.79 Å². The molecule has 2 aliphatic rings. The predicted octanol–water partition coefficient (Wildman–Crippen LogP) is 2.64. The molecular weight excluding hydrogens is 360 g/mol. The Kier molecular flexibility index (Phi) is 6.11. The van der Waals surface area contributed by atoms with E-state index in [2.05, 4.69) is 53.9 Å². The van der Waals surface area contributed by atoms with Gasteiger partial charge in [0.25, 0.3) is 0 Å². The first kappa shape index (κ1) is 20.1. The molecule has 0 aromatic carbocycles. The van der Waals surface area contributed by atoms with Crippen molar-refractivity contribution >= 4 is 23.2 Å². The number of guanidine groups is 1. The molecular formula is C20H32N4O2S. The molecule has 0 radical (unpaired) electrons. The Bertz CT molecular complexity index is 672. The summed E-state index contributed by atoms with van der Waals surface area (Å²) in [7, 11) is 3.51. The van der Waals surface area contributed by atoms with Crippen molar-refractivity contribution in [2.75, 3.05) is 27.2 Å². The Morgan fingerprint density at radius 1 is 1.48 bits per heavy atom. The van der Waals surface area contributed by atoms with Crippen LogP contribution in [0, 0.1) is 11.3 Å². The van der Waals surface area contributed by atoms with E-state index < -0.39 is 0 Å². The summed E-state index contributed by atoms with van der Waals surface area (Å²) in [6.45, 7) is 7.63. The molecule has 2 fully saturated rings. The number of hydrogen-bond acceptors (Lipinski definition) is 4. The Morgan fingerprint density at radius 2 is 2.26 bits per heavy atom. The fourth-order valence-electron chi connectivity index (χ4n) is 4.20. The van der Waals surface area contributed by atoms with Crippen molar-refractivity contribution in [2.45, 2.75) is 51.8 Å². The maximum atomic E-state index is 12.0. The van der Waals surface area contributed by atoms with Crippen LogP contribution in [0.4, 0.5) is 0 Å². The third-order valence-electron chi connectivity index (χ3n) is 5.82. The van der Waals surface area contributed by atoms with E-state index in [-0.39, 0.29) is 23.9 Å². The molecule has 4 unspecified atom stereocenters. The van der Waals surface area contributed by atoms with E-state index in [0.717, 1.165) is 13.0 Å². The number of hydrogen-bond donors (Lipinski definition) is 2. The van der Waals surface area contributed by atoms with E-state index in [4.69, 9.17) is 4.74 Å². The molecule has 4 atom stereocenters. The SMILES string of the molecule is CC(NC(=NCC(=O)N(C)C)NC1C2CCCOC2C1(C)C)c1cccs1. The number of amides is 1. The highest BCUT2D eigenvalue weighted by Crippen LogP contribution is 2.51. The number of likely N-dealkylation sites (N-methyl/N-ethyl adjacent to an activating group) is 1. The number of thiophene rings is 1. The van der Waals surface area contributed by atoms with Gasteiger partial charge in [0.1, 0.15) is 6.54 Å². The third kappa shape index (κ3) is 4.29. The Balaban J connectivity index is 1.73. The minimum atomic E-state index is -0.00776. The van der Waals surface area contributed by atoms with Gasteiger partial charge in [0.2, 0.25) is 5.91 Å². The zero-order chi connectivity index (χ0) is 19.6. The maximum absolute atomic E-state index is 12.0. The zero-order valence-corrected chi connectivity index (χ0v) is 17.8. The van der Waals surface area contributed by atoms with Gasteiger partial charge in [0, 0.05) is 43.0 Å². The lowest BCUT2D eigenvalue weighted by Crippen LogP contribution is -2.71. The number of nitrogens with zero attached hydrogens (tertiary/aromatic N) is 2. The number of rotatable bonds is 5. The number of nitrogens with one attached hydrogen (secondary N) is 2. The standard InChI is InChI=1S/C20H32N4O2S/c1-13(15-9-7-11-27-15)22-19(21-12-16(25)24(4)5)23-17-14-8-6-10-26-18(14)20(17,2)3/h7,9,11,13-14,17-18H,6,8,10,12H2,1-5H3,(H2,21,22,23). The normalized spacial score (nSPS) is 27.9. The second kappa shape index (κ2) is 8.19. The van der Waals surface area contributed by atoms with E-state index in [9.17, 15) is 4.79 Å². The smallest absolute Gasteiger partial charge is 0.243 e. The highest BCUT2D eigenvalue weighted by atomic mass is 32.1. The summed E-state index contributed by atoms with van der Waals surface area (Å²) in [6, 6.07) is 4.59. The minimum Gasteiger partial charge on any atom is -0.377 e. The van der Waals surface area contributed by atoms with Gasteiger partial charge in [-0.1, -0.05) is 19.9 Å². The van der Waals surface area contributed by atoms with Gasteiger partial charge in [-0.25, -0.2) is 4.99 Å². The largest absolute Gasteiger partial charge is 0.377 e. The third-order valence-corrected chi connectivity index (χ3v) is 6.87. The molecule has 0 bridgehead atoms. The van der Waals surface area contributed by atoms with Crippen LogP contribution >= 0.6 is 11.3 Å². The number of ether oxygens (including phenoxy) is 1. The molecule has 1 saturated heterocycles. The molecule has 1 saturated carbocycles. The summed E-state index contributed by atoms with van der Waals surface area (Å²) < 4.78 is 6.01. The predicted molar refractivity (Wildman–Crippen MR) is 110 cm³/mol. The molecule has 3 rings (SSSR count). The van der Waals surface area contributed by atoms with Crippen LogP contribution in [-0.2, 0) is 9.53 Å². The fraction of sp³-hybridized carbons (Fsp3) is 0.700. The van der Waals surface area contributed by atoms with Gasteiger partial charge in [-0.05, 0) is 31.2 Å². The summed E-state index contributed by atoms with van der Waals surface area (Å²) >= 11 is 1.72. The van der Waals surface area contributed by atoms with Gasteiger partial charge in [-0.15, -0.1) is 11.3 Å².